The van der Waals surface area contributed by atoms with Gasteiger partial charge in [0.15, 0.2) is 0 Å². The van der Waals surface area contributed by atoms with Gasteiger partial charge in [0.2, 0.25) is 0 Å². The van der Waals surface area contributed by atoms with Crippen molar-refractivity contribution in [1.29, 1.82) is 0 Å². The number of rotatable bonds is 3. The van der Waals surface area contributed by atoms with Gasteiger partial charge >= 0.3 is 0 Å². The molecule has 0 N–H and O–H groups in total. The van der Waals surface area contributed by atoms with Crippen molar-refractivity contribution in [3.63, 3.8) is 0 Å². The zero-order chi connectivity index (χ0) is 16.5. The monoisotopic (exact) mass is 366 g/mol. The predicted octanol–water partition coefficient (Wildman–Crippen LogP) is 5.22. The Morgan fingerprint density at radius 2 is 1.71 bits per heavy atom. The minimum atomic E-state index is 0.657. The summed E-state index contributed by atoms with van der Waals surface area (Å²) in [5, 5.41) is 1.34. The SMILES string of the molecule is Clc1ccc(CN2CCN3CCCC3C2C2CCCCC2)cc1Cl. The van der Waals surface area contributed by atoms with Gasteiger partial charge in [0, 0.05) is 31.7 Å². The first kappa shape index (κ1) is 17.1. The summed E-state index contributed by atoms with van der Waals surface area (Å²) in [6.45, 7) is 4.75. The number of nitrogens with zero attached hydrogens (tertiary/aromatic N) is 2. The van der Waals surface area contributed by atoms with Gasteiger partial charge in [-0.25, -0.2) is 0 Å². The molecular formula is C20H28Cl2N2. The fourth-order valence-electron chi connectivity index (χ4n) is 5.31. The summed E-state index contributed by atoms with van der Waals surface area (Å²) in [6, 6.07) is 7.66. The summed E-state index contributed by atoms with van der Waals surface area (Å²) >= 11 is 12.3. The molecule has 4 heteroatoms. The van der Waals surface area contributed by atoms with Crippen molar-refractivity contribution in [2.24, 2.45) is 5.92 Å². The maximum atomic E-state index is 6.25. The highest BCUT2D eigenvalue weighted by molar-refractivity contribution is 6.42. The molecule has 0 bridgehead atoms. The largest absolute Gasteiger partial charge is 0.298 e. The Balaban J connectivity index is 1.55. The quantitative estimate of drug-likeness (QED) is 0.723. The number of hydrogen-bond donors (Lipinski definition) is 0. The van der Waals surface area contributed by atoms with E-state index in [0.29, 0.717) is 10.0 Å². The average Bonchev–Trinajstić information content (AvgIpc) is 3.07. The number of benzene rings is 1. The summed E-state index contributed by atoms with van der Waals surface area (Å²) in [6.07, 6.45) is 9.90. The Hall–Kier alpha value is -0.280. The van der Waals surface area contributed by atoms with E-state index in [2.05, 4.69) is 21.9 Å². The van der Waals surface area contributed by atoms with E-state index < -0.39 is 0 Å². The lowest BCUT2D eigenvalue weighted by molar-refractivity contribution is -0.00379. The fraction of sp³-hybridized carbons (Fsp3) is 0.700. The van der Waals surface area contributed by atoms with Crippen LogP contribution in [0.1, 0.15) is 50.5 Å². The number of hydrogen-bond acceptors (Lipinski definition) is 2. The third-order valence-corrected chi connectivity index (χ3v) is 7.15. The van der Waals surface area contributed by atoms with Gasteiger partial charge in [-0.3, -0.25) is 9.80 Å². The topological polar surface area (TPSA) is 6.48 Å². The van der Waals surface area contributed by atoms with Crippen LogP contribution in [-0.4, -0.2) is 41.5 Å². The predicted molar refractivity (Wildman–Crippen MR) is 102 cm³/mol. The molecule has 0 spiro atoms. The highest BCUT2D eigenvalue weighted by Crippen LogP contribution is 2.38. The summed E-state index contributed by atoms with van der Waals surface area (Å²) in [5.74, 6) is 0.882. The van der Waals surface area contributed by atoms with Crippen molar-refractivity contribution < 1.29 is 0 Å². The van der Waals surface area contributed by atoms with Crippen LogP contribution in [-0.2, 0) is 6.54 Å². The Morgan fingerprint density at radius 3 is 2.50 bits per heavy atom. The molecule has 2 aliphatic heterocycles. The van der Waals surface area contributed by atoms with Crippen molar-refractivity contribution in [2.75, 3.05) is 19.6 Å². The molecule has 1 saturated carbocycles. The van der Waals surface area contributed by atoms with Crippen LogP contribution >= 0.6 is 23.2 Å². The maximum absolute atomic E-state index is 6.25. The third kappa shape index (κ3) is 3.49. The summed E-state index contributed by atoms with van der Waals surface area (Å²) < 4.78 is 0. The van der Waals surface area contributed by atoms with Crippen molar-refractivity contribution >= 4 is 23.2 Å². The van der Waals surface area contributed by atoms with E-state index >= 15 is 0 Å². The highest BCUT2D eigenvalue weighted by atomic mass is 35.5. The molecule has 1 aromatic carbocycles. The molecule has 1 aliphatic carbocycles. The average molecular weight is 367 g/mol. The first-order valence-corrected chi connectivity index (χ1v) is 10.4. The fourth-order valence-corrected chi connectivity index (χ4v) is 5.63. The second-order valence-corrected chi connectivity index (χ2v) is 8.67. The molecule has 2 saturated heterocycles. The lowest BCUT2D eigenvalue weighted by Gasteiger charge is -2.49. The van der Waals surface area contributed by atoms with Gasteiger partial charge < -0.3 is 0 Å². The second kappa shape index (κ2) is 7.53. The van der Waals surface area contributed by atoms with Gasteiger partial charge in [-0.1, -0.05) is 48.5 Å². The van der Waals surface area contributed by atoms with Crippen molar-refractivity contribution in [3.8, 4) is 0 Å². The lowest BCUT2D eigenvalue weighted by Crippen LogP contribution is -2.59. The van der Waals surface area contributed by atoms with Crippen molar-refractivity contribution in [1.82, 2.24) is 9.80 Å². The van der Waals surface area contributed by atoms with E-state index in [1.165, 1.54) is 70.1 Å². The van der Waals surface area contributed by atoms with Gasteiger partial charge in [0.1, 0.15) is 0 Å². The molecule has 2 atom stereocenters. The molecule has 2 heterocycles. The summed E-state index contributed by atoms with van der Waals surface area (Å²) in [7, 11) is 0. The Labute approximate surface area is 156 Å². The lowest BCUT2D eigenvalue weighted by atomic mass is 9.78. The Kier molecular flexibility index (Phi) is 5.38. The van der Waals surface area contributed by atoms with Gasteiger partial charge in [0.25, 0.3) is 0 Å². The summed E-state index contributed by atoms with van der Waals surface area (Å²) in [4.78, 5) is 5.53. The molecule has 3 aliphatic rings. The Morgan fingerprint density at radius 1 is 0.875 bits per heavy atom. The zero-order valence-corrected chi connectivity index (χ0v) is 15.9. The first-order valence-electron chi connectivity index (χ1n) is 9.64. The number of halogens is 2. The molecule has 132 valence electrons. The normalized spacial score (nSPS) is 29.8. The van der Waals surface area contributed by atoms with E-state index in [1.54, 1.807) is 0 Å². The molecule has 2 nitrogen and oxygen atoms in total. The molecule has 1 aromatic rings. The van der Waals surface area contributed by atoms with Crippen LogP contribution in [0.4, 0.5) is 0 Å². The van der Waals surface area contributed by atoms with Crippen molar-refractivity contribution in [3.05, 3.63) is 33.8 Å². The number of piperazine rings is 1. The minimum Gasteiger partial charge on any atom is -0.298 e. The Bertz CT molecular complexity index is 571. The molecular weight excluding hydrogens is 339 g/mol. The molecule has 3 fully saturated rings. The van der Waals surface area contributed by atoms with E-state index in [0.717, 1.165) is 24.5 Å². The maximum Gasteiger partial charge on any atom is 0.0595 e. The molecule has 4 rings (SSSR count). The van der Waals surface area contributed by atoms with E-state index in [9.17, 15) is 0 Å². The van der Waals surface area contributed by atoms with Crippen molar-refractivity contribution in [2.45, 2.75) is 63.6 Å². The first-order chi connectivity index (χ1) is 11.7. The molecule has 2 unspecified atom stereocenters. The minimum absolute atomic E-state index is 0.657. The van der Waals surface area contributed by atoms with E-state index in [1.807, 2.05) is 6.07 Å². The highest BCUT2D eigenvalue weighted by Gasteiger charge is 2.42. The standard InChI is InChI=1S/C20H28Cl2N2/c21-17-9-8-15(13-18(17)22)14-24-12-11-23-10-4-7-19(23)20(24)16-5-2-1-3-6-16/h8-9,13,16,19-20H,1-7,10-12,14H2. The van der Waals surface area contributed by atoms with Crippen LogP contribution in [0, 0.1) is 5.92 Å². The number of fused-ring (bicyclic) bond motifs is 1. The van der Waals surface area contributed by atoms with Crippen LogP contribution in [0.15, 0.2) is 18.2 Å². The van der Waals surface area contributed by atoms with Gasteiger partial charge in [-0.15, -0.1) is 0 Å². The van der Waals surface area contributed by atoms with E-state index in [-0.39, 0.29) is 0 Å². The van der Waals surface area contributed by atoms with Crippen LogP contribution in [0.3, 0.4) is 0 Å². The van der Waals surface area contributed by atoms with Gasteiger partial charge in [-0.05, 0) is 55.8 Å². The molecule has 0 radical (unpaired) electrons. The van der Waals surface area contributed by atoms with Crippen LogP contribution in [0.5, 0.6) is 0 Å². The summed E-state index contributed by atoms with van der Waals surface area (Å²) in [5.41, 5.74) is 1.30. The van der Waals surface area contributed by atoms with Gasteiger partial charge in [0.05, 0.1) is 10.0 Å². The van der Waals surface area contributed by atoms with Crippen LogP contribution in [0.2, 0.25) is 10.0 Å². The molecule has 24 heavy (non-hydrogen) atoms. The third-order valence-electron chi connectivity index (χ3n) is 6.41. The van der Waals surface area contributed by atoms with Crippen LogP contribution in [0.25, 0.3) is 0 Å². The molecule has 0 amide bonds. The van der Waals surface area contributed by atoms with E-state index in [4.69, 9.17) is 23.2 Å². The van der Waals surface area contributed by atoms with Crippen LogP contribution < -0.4 is 0 Å². The zero-order valence-electron chi connectivity index (χ0n) is 14.4. The van der Waals surface area contributed by atoms with Gasteiger partial charge in [-0.2, -0.15) is 0 Å². The smallest absolute Gasteiger partial charge is 0.0595 e. The molecule has 0 aromatic heterocycles. The second-order valence-electron chi connectivity index (χ2n) is 7.85.